The molecule has 28 heavy (non-hydrogen) atoms. The van der Waals surface area contributed by atoms with Gasteiger partial charge in [-0.25, -0.2) is 0 Å². The molecule has 2 unspecified atom stereocenters. The maximum absolute atomic E-state index is 12.1. The molecule has 0 aromatic heterocycles. The summed E-state index contributed by atoms with van der Waals surface area (Å²) in [5, 5.41) is 9.48. The highest BCUT2D eigenvalue weighted by atomic mass is 35.5. The van der Waals surface area contributed by atoms with E-state index in [-0.39, 0.29) is 18.3 Å². The summed E-state index contributed by atoms with van der Waals surface area (Å²) in [5.41, 5.74) is 3.22. The topological polar surface area (TPSA) is 55.8 Å². The zero-order valence-corrected chi connectivity index (χ0v) is 16.2. The summed E-state index contributed by atoms with van der Waals surface area (Å²) in [4.78, 5) is 12.1. The van der Waals surface area contributed by atoms with Crippen molar-refractivity contribution in [3.05, 3.63) is 94.4 Å². The maximum Gasteiger partial charge on any atom is 0.181 e. The number of allylic oxidation sites excluding steroid dienone is 3. The molecule has 4 rings (SSSR count). The van der Waals surface area contributed by atoms with E-state index in [0.717, 1.165) is 22.3 Å². The molecule has 2 aliphatic rings. The van der Waals surface area contributed by atoms with Gasteiger partial charge in [0.1, 0.15) is 22.6 Å². The second-order valence-corrected chi connectivity index (χ2v) is 7.31. The van der Waals surface area contributed by atoms with Gasteiger partial charge in [0, 0.05) is 29.2 Å². The first-order valence-corrected chi connectivity index (χ1v) is 9.44. The summed E-state index contributed by atoms with van der Waals surface area (Å²) in [7, 11) is 0. The van der Waals surface area contributed by atoms with Crippen LogP contribution in [0.4, 0.5) is 0 Å². The zero-order chi connectivity index (χ0) is 19.8. The first kappa shape index (κ1) is 18.8. The molecule has 0 spiro atoms. The average molecular weight is 415 g/mol. The molecule has 4 nitrogen and oxygen atoms in total. The Hall–Kier alpha value is -2.53. The molecule has 0 radical (unpaired) electrons. The van der Waals surface area contributed by atoms with E-state index in [1.54, 1.807) is 18.2 Å². The Balaban J connectivity index is 1.98. The van der Waals surface area contributed by atoms with E-state index in [9.17, 15) is 9.90 Å². The molecule has 142 valence electrons. The van der Waals surface area contributed by atoms with Gasteiger partial charge in [0.05, 0.1) is 17.9 Å². The van der Waals surface area contributed by atoms with E-state index in [2.05, 4.69) is 6.58 Å². The Labute approximate surface area is 172 Å². The van der Waals surface area contributed by atoms with E-state index >= 15 is 0 Å². The van der Waals surface area contributed by atoms with Crippen molar-refractivity contribution in [2.24, 2.45) is 0 Å². The van der Waals surface area contributed by atoms with E-state index < -0.39 is 5.38 Å². The molecule has 2 atom stereocenters. The molecule has 0 saturated carbocycles. The number of hydrogen-bond acceptors (Lipinski definition) is 4. The van der Waals surface area contributed by atoms with Crippen molar-refractivity contribution in [3.8, 4) is 11.5 Å². The quantitative estimate of drug-likeness (QED) is 0.572. The van der Waals surface area contributed by atoms with Crippen LogP contribution in [0.2, 0.25) is 5.02 Å². The summed E-state index contributed by atoms with van der Waals surface area (Å²) in [6, 6.07) is 11.0. The van der Waals surface area contributed by atoms with Crippen LogP contribution in [0.15, 0.2) is 72.7 Å². The Morgan fingerprint density at radius 2 is 2.04 bits per heavy atom. The Morgan fingerprint density at radius 1 is 1.25 bits per heavy atom. The minimum Gasteiger partial charge on any atom is -0.464 e. The van der Waals surface area contributed by atoms with Crippen molar-refractivity contribution < 1.29 is 19.4 Å². The number of aliphatic hydroxyl groups excluding tert-OH is 1. The van der Waals surface area contributed by atoms with Gasteiger partial charge in [0.2, 0.25) is 0 Å². The van der Waals surface area contributed by atoms with Crippen molar-refractivity contribution >= 4 is 29.0 Å². The summed E-state index contributed by atoms with van der Waals surface area (Å²) in [6.07, 6.45) is 4.39. The van der Waals surface area contributed by atoms with E-state index in [1.165, 1.54) is 12.3 Å². The largest absolute Gasteiger partial charge is 0.464 e. The number of ketones is 1. The van der Waals surface area contributed by atoms with E-state index in [0.29, 0.717) is 22.3 Å². The van der Waals surface area contributed by atoms with Gasteiger partial charge in [-0.2, -0.15) is 0 Å². The normalized spacial score (nSPS) is 20.3. The predicted molar refractivity (Wildman–Crippen MR) is 108 cm³/mol. The number of hydrogen-bond donors (Lipinski definition) is 1. The van der Waals surface area contributed by atoms with Crippen LogP contribution in [-0.4, -0.2) is 16.3 Å². The highest BCUT2D eigenvalue weighted by molar-refractivity contribution is 6.35. The van der Waals surface area contributed by atoms with Crippen LogP contribution >= 0.6 is 23.2 Å². The van der Waals surface area contributed by atoms with E-state index in [4.69, 9.17) is 32.7 Å². The molecule has 0 fully saturated rings. The molecule has 0 amide bonds. The lowest BCUT2D eigenvalue weighted by Crippen LogP contribution is -2.25. The maximum atomic E-state index is 12.1. The van der Waals surface area contributed by atoms with Crippen LogP contribution in [0.1, 0.15) is 22.6 Å². The molecule has 1 N–H and O–H groups in total. The van der Waals surface area contributed by atoms with Gasteiger partial charge in [0.15, 0.2) is 5.78 Å². The number of carbonyl (C=O) groups excluding carboxylic acids is 1. The van der Waals surface area contributed by atoms with Crippen LogP contribution in [0.5, 0.6) is 11.5 Å². The fraction of sp³-hybridized carbons (Fsp3) is 0.136. The van der Waals surface area contributed by atoms with Gasteiger partial charge >= 0.3 is 0 Å². The number of aliphatic hydroxyl groups is 1. The lowest BCUT2D eigenvalue weighted by molar-refractivity contribution is -0.113. The second kappa shape index (κ2) is 7.47. The second-order valence-electron chi connectivity index (χ2n) is 6.43. The van der Waals surface area contributed by atoms with Crippen LogP contribution in [0.3, 0.4) is 0 Å². The SMILES string of the molecule is C=COc1cc2c(cc1Cl)C(c1ccccc1CO)C1=CC(Cl)C(=O)C=C1O2. The van der Waals surface area contributed by atoms with Crippen molar-refractivity contribution in [1.82, 2.24) is 0 Å². The first-order chi connectivity index (χ1) is 13.5. The van der Waals surface area contributed by atoms with Crippen LogP contribution in [0, 0.1) is 0 Å². The highest BCUT2D eigenvalue weighted by Gasteiger charge is 2.36. The van der Waals surface area contributed by atoms with Gasteiger partial charge < -0.3 is 14.6 Å². The number of fused-ring (bicyclic) bond motifs is 2. The molecule has 1 aliphatic heterocycles. The highest BCUT2D eigenvalue weighted by Crippen LogP contribution is 2.50. The molecule has 0 saturated heterocycles. The van der Waals surface area contributed by atoms with Crippen molar-refractivity contribution in [2.75, 3.05) is 0 Å². The molecule has 1 aliphatic carbocycles. The first-order valence-electron chi connectivity index (χ1n) is 8.62. The van der Waals surface area contributed by atoms with Crippen molar-refractivity contribution in [2.45, 2.75) is 17.9 Å². The molecule has 1 heterocycles. The van der Waals surface area contributed by atoms with Crippen LogP contribution in [-0.2, 0) is 11.4 Å². The van der Waals surface area contributed by atoms with Crippen molar-refractivity contribution in [1.29, 1.82) is 0 Å². The molecule has 2 aromatic carbocycles. The third-order valence-electron chi connectivity index (χ3n) is 4.81. The number of alkyl halides is 1. The Morgan fingerprint density at radius 3 is 2.79 bits per heavy atom. The smallest absolute Gasteiger partial charge is 0.181 e. The fourth-order valence-electron chi connectivity index (χ4n) is 3.57. The molecular weight excluding hydrogens is 399 g/mol. The van der Waals surface area contributed by atoms with Gasteiger partial charge in [0.25, 0.3) is 0 Å². The Bertz CT molecular complexity index is 1040. The number of carbonyl (C=O) groups is 1. The molecule has 0 bridgehead atoms. The monoisotopic (exact) mass is 414 g/mol. The third kappa shape index (κ3) is 3.14. The number of ether oxygens (including phenoxy) is 2. The van der Waals surface area contributed by atoms with Gasteiger partial charge in [-0.15, -0.1) is 11.6 Å². The minimum absolute atomic E-state index is 0.121. The lowest BCUT2D eigenvalue weighted by Gasteiger charge is -2.34. The minimum atomic E-state index is -0.772. The number of rotatable bonds is 4. The summed E-state index contributed by atoms with van der Waals surface area (Å²) in [5.74, 6) is 0.801. The summed E-state index contributed by atoms with van der Waals surface area (Å²) in [6.45, 7) is 3.43. The number of benzene rings is 2. The van der Waals surface area contributed by atoms with Gasteiger partial charge in [-0.3, -0.25) is 4.79 Å². The Kier molecular flexibility index (Phi) is 5.02. The van der Waals surface area contributed by atoms with Crippen LogP contribution in [0.25, 0.3) is 0 Å². The van der Waals surface area contributed by atoms with E-state index in [1.807, 2.05) is 24.3 Å². The average Bonchev–Trinajstić information content (AvgIpc) is 2.69. The molecule has 2 aromatic rings. The summed E-state index contributed by atoms with van der Waals surface area (Å²) >= 11 is 12.6. The molecule has 6 heteroatoms. The molecular formula is C22H16Cl2O4. The standard InChI is InChI=1S/C22H16Cl2O4/c1-2-27-21-10-20-15(8-17(21)24)22(13-6-4-3-5-12(13)11-25)14-7-16(23)18(26)9-19(14)28-20/h2-10,16,22,25H,1,11H2. The fourth-order valence-corrected chi connectivity index (χ4v) is 3.98. The van der Waals surface area contributed by atoms with Gasteiger partial charge in [-0.1, -0.05) is 48.5 Å². The van der Waals surface area contributed by atoms with Crippen molar-refractivity contribution in [3.63, 3.8) is 0 Å². The lowest BCUT2D eigenvalue weighted by atomic mass is 9.78. The zero-order valence-electron chi connectivity index (χ0n) is 14.7. The summed E-state index contributed by atoms with van der Waals surface area (Å²) < 4.78 is 11.4. The predicted octanol–water partition coefficient (Wildman–Crippen LogP) is 4.88. The third-order valence-corrected chi connectivity index (χ3v) is 5.44. The number of halogens is 2. The van der Waals surface area contributed by atoms with Crippen LogP contribution < -0.4 is 9.47 Å². The van der Waals surface area contributed by atoms with Gasteiger partial charge in [-0.05, 0) is 17.2 Å².